The molecule has 0 bridgehead atoms. The van der Waals surface area contributed by atoms with Gasteiger partial charge in [0.1, 0.15) is 0 Å². The molecule has 1 unspecified atom stereocenters. The molecule has 14 heavy (non-hydrogen) atoms. The summed E-state index contributed by atoms with van der Waals surface area (Å²) in [5.41, 5.74) is 7.45. The lowest BCUT2D eigenvalue weighted by Crippen LogP contribution is -2.14. The zero-order valence-corrected chi connectivity index (χ0v) is 8.91. The van der Waals surface area contributed by atoms with E-state index in [-0.39, 0.29) is 6.04 Å². The van der Waals surface area contributed by atoms with Crippen LogP contribution in [0.1, 0.15) is 37.9 Å². The van der Waals surface area contributed by atoms with E-state index in [1.807, 2.05) is 45.0 Å². The van der Waals surface area contributed by atoms with E-state index in [4.69, 9.17) is 11.0 Å². The van der Waals surface area contributed by atoms with Crippen LogP contribution in [-0.2, 0) is 5.41 Å². The molecule has 2 heteroatoms. The number of benzene rings is 1. The Morgan fingerprint density at radius 1 is 1.29 bits per heavy atom. The van der Waals surface area contributed by atoms with Crippen molar-refractivity contribution in [2.75, 3.05) is 0 Å². The molecule has 0 amide bonds. The minimum atomic E-state index is -0.420. The quantitative estimate of drug-likeness (QED) is 0.775. The van der Waals surface area contributed by atoms with E-state index >= 15 is 0 Å². The summed E-state index contributed by atoms with van der Waals surface area (Å²) in [6, 6.07) is 10.2. The van der Waals surface area contributed by atoms with Crippen molar-refractivity contribution < 1.29 is 0 Å². The molecule has 1 aromatic rings. The van der Waals surface area contributed by atoms with E-state index in [1.165, 1.54) is 0 Å². The third kappa shape index (κ3) is 2.12. The van der Waals surface area contributed by atoms with Gasteiger partial charge in [-0.3, -0.25) is 0 Å². The van der Waals surface area contributed by atoms with Crippen LogP contribution in [0.15, 0.2) is 24.3 Å². The second kappa shape index (κ2) is 3.81. The van der Waals surface area contributed by atoms with Gasteiger partial charge in [-0.15, -0.1) is 0 Å². The Kier molecular flexibility index (Phi) is 2.93. The lowest BCUT2D eigenvalue weighted by Gasteiger charge is -2.16. The molecule has 0 spiro atoms. The van der Waals surface area contributed by atoms with Crippen LogP contribution >= 0.6 is 0 Å². The number of rotatable bonds is 2. The van der Waals surface area contributed by atoms with Gasteiger partial charge in [0.25, 0.3) is 0 Å². The van der Waals surface area contributed by atoms with Crippen molar-refractivity contribution in [3.8, 4) is 6.07 Å². The molecule has 1 rings (SSSR count). The van der Waals surface area contributed by atoms with Gasteiger partial charge in [-0.05, 0) is 31.9 Å². The van der Waals surface area contributed by atoms with Crippen molar-refractivity contribution in [1.82, 2.24) is 0 Å². The second-order valence-electron chi connectivity index (χ2n) is 4.15. The number of nitrogens with zero attached hydrogens (tertiary/aromatic N) is 1. The molecule has 0 fully saturated rings. The average molecular weight is 188 g/mol. The van der Waals surface area contributed by atoms with Crippen LogP contribution in [0, 0.1) is 11.3 Å². The van der Waals surface area contributed by atoms with E-state index in [0.717, 1.165) is 11.1 Å². The highest BCUT2D eigenvalue weighted by atomic mass is 14.6. The number of nitrogens with two attached hydrogens (primary N) is 1. The highest BCUT2D eigenvalue weighted by molar-refractivity contribution is 5.33. The molecule has 2 nitrogen and oxygen atoms in total. The molecule has 0 aliphatic rings. The summed E-state index contributed by atoms with van der Waals surface area (Å²) in [4.78, 5) is 0. The van der Waals surface area contributed by atoms with Gasteiger partial charge in [0.15, 0.2) is 0 Å². The first-order valence-corrected chi connectivity index (χ1v) is 4.74. The Morgan fingerprint density at radius 3 is 2.14 bits per heavy atom. The number of hydrogen-bond donors (Lipinski definition) is 1. The lowest BCUT2D eigenvalue weighted by atomic mass is 9.86. The van der Waals surface area contributed by atoms with Crippen LogP contribution in [-0.4, -0.2) is 0 Å². The van der Waals surface area contributed by atoms with Crippen LogP contribution in [0.5, 0.6) is 0 Å². The molecule has 0 aliphatic carbocycles. The van der Waals surface area contributed by atoms with Gasteiger partial charge < -0.3 is 5.73 Å². The Balaban J connectivity index is 3.01. The topological polar surface area (TPSA) is 49.8 Å². The standard InChI is InChI=1S/C12H16N2/c1-9(14)10-4-6-11(7-5-10)12(2,3)8-13/h4-7,9H,14H2,1-3H3. The van der Waals surface area contributed by atoms with Gasteiger partial charge in [0.2, 0.25) is 0 Å². The van der Waals surface area contributed by atoms with Crippen LogP contribution in [0.2, 0.25) is 0 Å². The van der Waals surface area contributed by atoms with Crippen molar-refractivity contribution in [3.05, 3.63) is 35.4 Å². The van der Waals surface area contributed by atoms with Crippen molar-refractivity contribution in [2.45, 2.75) is 32.2 Å². The van der Waals surface area contributed by atoms with E-state index in [9.17, 15) is 0 Å². The monoisotopic (exact) mass is 188 g/mol. The molecule has 74 valence electrons. The Morgan fingerprint density at radius 2 is 1.79 bits per heavy atom. The zero-order chi connectivity index (χ0) is 10.8. The molecule has 0 aromatic heterocycles. The smallest absolute Gasteiger partial charge is 0.0766 e. The first-order chi connectivity index (χ1) is 6.47. The molecule has 0 saturated carbocycles. The predicted octanol–water partition coefficient (Wildman–Crippen LogP) is 2.51. The van der Waals surface area contributed by atoms with E-state index < -0.39 is 5.41 Å². The van der Waals surface area contributed by atoms with Crippen molar-refractivity contribution in [2.24, 2.45) is 5.73 Å². The molecular weight excluding hydrogens is 172 g/mol. The summed E-state index contributed by atoms with van der Waals surface area (Å²) in [6.07, 6.45) is 0. The predicted molar refractivity (Wildman–Crippen MR) is 57.7 cm³/mol. The highest BCUT2D eigenvalue weighted by Crippen LogP contribution is 2.23. The maximum Gasteiger partial charge on any atom is 0.0766 e. The van der Waals surface area contributed by atoms with Gasteiger partial charge >= 0.3 is 0 Å². The maximum atomic E-state index is 8.95. The largest absolute Gasteiger partial charge is 0.324 e. The van der Waals surface area contributed by atoms with Crippen molar-refractivity contribution in [3.63, 3.8) is 0 Å². The van der Waals surface area contributed by atoms with Crippen LogP contribution in [0.4, 0.5) is 0 Å². The summed E-state index contributed by atoms with van der Waals surface area (Å²) in [7, 11) is 0. The first-order valence-electron chi connectivity index (χ1n) is 4.74. The summed E-state index contributed by atoms with van der Waals surface area (Å²) >= 11 is 0. The number of nitriles is 1. The molecule has 0 saturated heterocycles. The summed E-state index contributed by atoms with van der Waals surface area (Å²) in [5, 5.41) is 8.95. The van der Waals surface area contributed by atoms with E-state index in [0.29, 0.717) is 0 Å². The Bertz CT molecular complexity index is 342. The molecular formula is C12H16N2. The molecule has 2 N–H and O–H groups in total. The van der Waals surface area contributed by atoms with Crippen LogP contribution in [0.3, 0.4) is 0 Å². The van der Waals surface area contributed by atoms with E-state index in [2.05, 4.69) is 6.07 Å². The fourth-order valence-corrected chi connectivity index (χ4v) is 1.27. The molecule has 0 heterocycles. The average Bonchev–Trinajstić information content (AvgIpc) is 2.18. The van der Waals surface area contributed by atoms with E-state index in [1.54, 1.807) is 0 Å². The van der Waals surface area contributed by atoms with Gasteiger partial charge in [-0.25, -0.2) is 0 Å². The molecule has 1 aromatic carbocycles. The third-order valence-corrected chi connectivity index (χ3v) is 2.44. The SMILES string of the molecule is CC(N)c1ccc(C(C)(C)C#N)cc1. The van der Waals surface area contributed by atoms with Gasteiger partial charge in [0, 0.05) is 6.04 Å². The van der Waals surface area contributed by atoms with Gasteiger partial charge in [-0.1, -0.05) is 24.3 Å². The fourth-order valence-electron chi connectivity index (χ4n) is 1.27. The van der Waals surface area contributed by atoms with Gasteiger partial charge in [0.05, 0.1) is 11.5 Å². The van der Waals surface area contributed by atoms with Gasteiger partial charge in [-0.2, -0.15) is 5.26 Å². The van der Waals surface area contributed by atoms with Crippen molar-refractivity contribution in [1.29, 1.82) is 5.26 Å². The van der Waals surface area contributed by atoms with Crippen molar-refractivity contribution >= 4 is 0 Å². The number of hydrogen-bond acceptors (Lipinski definition) is 2. The highest BCUT2D eigenvalue weighted by Gasteiger charge is 2.19. The minimum absolute atomic E-state index is 0.0502. The van der Waals surface area contributed by atoms with Crippen LogP contribution < -0.4 is 5.73 Å². The normalized spacial score (nSPS) is 13.4. The van der Waals surface area contributed by atoms with Crippen LogP contribution in [0.25, 0.3) is 0 Å². The summed E-state index contributed by atoms with van der Waals surface area (Å²) < 4.78 is 0. The summed E-state index contributed by atoms with van der Waals surface area (Å²) in [5.74, 6) is 0. The summed E-state index contributed by atoms with van der Waals surface area (Å²) in [6.45, 7) is 5.77. The zero-order valence-electron chi connectivity index (χ0n) is 8.91. The molecule has 0 aliphatic heterocycles. The lowest BCUT2D eigenvalue weighted by molar-refractivity contribution is 0.685. The molecule has 0 radical (unpaired) electrons. The third-order valence-electron chi connectivity index (χ3n) is 2.44. The maximum absolute atomic E-state index is 8.95. The molecule has 1 atom stereocenters. The minimum Gasteiger partial charge on any atom is -0.324 e. The Labute approximate surface area is 85.4 Å². The second-order valence-corrected chi connectivity index (χ2v) is 4.15. The first kappa shape index (κ1) is 10.7. The fraction of sp³-hybridized carbons (Fsp3) is 0.417. The Hall–Kier alpha value is -1.33.